The van der Waals surface area contributed by atoms with Crippen LogP contribution in [0.4, 0.5) is 10.1 Å². The highest BCUT2D eigenvalue weighted by molar-refractivity contribution is 5.97. The third-order valence-corrected chi connectivity index (χ3v) is 4.24. The molecule has 0 heterocycles. The van der Waals surface area contributed by atoms with E-state index in [0.29, 0.717) is 17.7 Å². The van der Waals surface area contributed by atoms with Gasteiger partial charge in [-0.3, -0.25) is 4.79 Å². The van der Waals surface area contributed by atoms with Crippen LogP contribution in [-0.2, 0) is 16.0 Å². The highest BCUT2D eigenvalue weighted by atomic mass is 19.1. The van der Waals surface area contributed by atoms with Crippen molar-refractivity contribution >= 4 is 17.6 Å². The minimum Gasteiger partial charge on any atom is -0.449 e. The molecule has 3 aromatic rings. The molecule has 0 unspecified atom stereocenters. The number of carbonyl (C=O) groups is 2. The van der Waals surface area contributed by atoms with Gasteiger partial charge in [0.15, 0.2) is 6.10 Å². The third kappa shape index (κ3) is 5.04. The Morgan fingerprint density at radius 1 is 0.929 bits per heavy atom. The molecule has 142 valence electrons. The molecule has 4 nitrogen and oxygen atoms in total. The number of anilines is 1. The minimum absolute atomic E-state index is 0.396. The molecule has 5 heteroatoms. The van der Waals surface area contributed by atoms with Crippen LogP contribution in [0.5, 0.6) is 0 Å². The van der Waals surface area contributed by atoms with E-state index < -0.39 is 23.8 Å². The molecule has 0 saturated carbocycles. The Hall–Kier alpha value is -3.47. The van der Waals surface area contributed by atoms with Gasteiger partial charge in [0.25, 0.3) is 5.91 Å². The summed E-state index contributed by atoms with van der Waals surface area (Å²) >= 11 is 0. The zero-order chi connectivity index (χ0) is 19.9. The summed E-state index contributed by atoms with van der Waals surface area (Å²) < 4.78 is 18.3. The van der Waals surface area contributed by atoms with Gasteiger partial charge >= 0.3 is 5.97 Å². The van der Waals surface area contributed by atoms with Crippen molar-refractivity contribution in [2.45, 2.75) is 19.4 Å². The Bertz CT molecular complexity index is 955. The van der Waals surface area contributed by atoms with Crippen LogP contribution < -0.4 is 5.32 Å². The van der Waals surface area contributed by atoms with Crippen LogP contribution in [0, 0.1) is 5.82 Å². The zero-order valence-corrected chi connectivity index (χ0v) is 15.4. The largest absolute Gasteiger partial charge is 0.449 e. The molecule has 0 bridgehead atoms. The summed E-state index contributed by atoms with van der Waals surface area (Å²) in [6.45, 7) is 1.50. The number of halogens is 1. The average Bonchev–Trinajstić information content (AvgIpc) is 2.70. The normalized spacial score (nSPS) is 11.5. The number of rotatable bonds is 6. The predicted molar refractivity (Wildman–Crippen MR) is 106 cm³/mol. The molecule has 1 amide bonds. The van der Waals surface area contributed by atoms with Crippen molar-refractivity contribution in [1.29, 1.82) is 0 Å². The van der Waals surface area contributed by atoms with Gasteiger partial charge in [-0.2, -0.15) is 0 Å². The Labute approximate surface area is 163 Å². The van der Waals surface area contributed by atoms with Gasteiger partial charge in [0.1, 0.15) is 5.82 Å². The van der Waals surface area contributed by atoms with Crippen LogP contribution in [0.1, 0.15) is 28.4 Å². The van der Waals surface area contributed by atoms with Gasteiger partial charge < -0.3 is 10.1 Å². The first-order valence-corrected chi connectivity index (χ1v) is 8.92. The molecular weight excluding hydrogens is 357 g/mol. The quantitative estimate of drug-likeness (QED) is 0.639. The number of hydrogen-bond donors (Lipinski definition) is 1. The summed E-state index contributed by atoms with van der Waals surface area (Å²) in [7, 11) is 0. The van der Waals surface area contributed by atoms with Crippen LogP contribution in [0.25, 0.3) is 0 Å². The molecule has 0 radical (unpaired) electrons. The SMILES string of the molecule is C[C@H](OC(=O)c1ccccc1Cc1ccccc1)C(=O)Nc1ccc(F)cc1. The smallest absolute Gasteiger partial charge is 0.339 e. The fraction of sp³-hybridized carbons (Fsp3) is 0.130. The average molecular weight is 377 g/mol. The maximum atomic E-state index is 13.0. The number of ether oxygens (including phenoxy) is 1. The number of esters is 1. The number of carbonyl (C=O) groups excluding carboxylic acids is 2. The molecule has 1 N–H and O–H groups in total. The van der Waals surface area contributed by atoms with Gasteiger partial charge in [-0.05, 0) is 54.8 Å². The summed E-state index contributed by atoms with van der Waals surface area (Å²) in [6, 6.07) is 22.3. The molecular formula is C23H20FNO3. The fourth-order valence-electron chi connectivity index (χ4n) is 2.74. The van der Waals surface area contributed by atoms with Crippen LogP contribution in [0.3, 0.4) is 0 Å². The van der Waals surface area contributed by atoms with Crippen LogP contribution >= 0.6 is 0 Å². The monoisotopic (exact) mass is 377 g/mol. The first kappa shape index (κ1) is 19.3. The maximum Gasteiger partial charge on any atom is 0.339 e. The van der Waals surface area contributed by atoms with Crippen LogP contribution in [0.2, 0.25) is 0 Å². The standard InChI is InChI=1S/C23H20FNO3/c1-16(22(26)25-20-13-11-19(24)12-14-20)28-23(27)21-10-6-5-9-18(21)15-17-7-3-2-4-8-17/h2-14,16H,15H2,1H3,(H,25,26)/t16-/m0/s1. The van der Waals surface area contributed by atoms with Gasteiger partial charge in [0.2, 0.25) is 0 Å². The highest BCUT2D eigenvalue weighted by Gasteiger charge is 2.21. The van der Waals surface area contributed by atoms with Gasteiger partial charge in [0, 0.05) is 5.69 Å². The van der Waals surface area contributed by atoms with Crippen molar-refractivity contribution in [3.63, 3.8) is 0 Å². The van der Waals surface area contributed by atoms with Gasteiger partial charge in [-0.1, -0.05) is 48.5 Å². The molecule has 0 fully saturated rings. The Morgan fingerprint density at radius 3 is 2.29 bits per heavy atom. The number of hydrogen-bond acceptors (Lipinski definition) is 3. The minimum atomic E-state index is -0.998. The predicted octanol–water partition coefficient (Wildman–Crippen LogP) is 4.60. The molecule has 0 aliphatic carbocycles. The van der Waals surface area contributed by atoms with E-state index in [1.807, 2.05) is 42.5 Å². The van der Waals surface area contributed by atoms with Crippen molar-refractivity contribution in [1.82, 2.24) is 0 Å². The van der Waals surface area contributed by atoms with Gasteiger partial charge in [0.05, 0.1) is 5.56 Å². The second-order valence-corrected chi connectivity index (χ2v) is 6.36. The molecule has 3 aromatic carbocycles. The van der Waals surface area contributed by atoms with Gasteiger partial charge in [-0.15, -0.1) is 0 Å². The van der Waals surface area contributed by atoms with E-state index in [1.54, 1.807) is 12.1 Å². The second-order valence-electron chi connectivity index (χ2n) is 6.36. The van der Waals surface area contributed by atoms with Crippen molar-refractivity contribution in [3.05, 3.63) is 101 Å². The number of amides is 1. The molecule has 28 heavy (non-hydrogen) atoms. The fourth-order valence-corrected chi connectivity index (χ4v) is 2.74. The summed E-state index contributed by atoms with van der Waals surface area (Å²) in [5, 5.41) is 2.60. The van der Waals surface area contributed by atoms with E-state index in [0.717, 1.165) is 11.1 Å². The summed E-state index contributed by atoms with van der Waals surface area (Å²) in [6.07, 6.45) is -0.412. The molecule has 3 rings (SSSR count). The lowest BCUT2D eigenvalue weighted by molar-refractivity contribution is -0.123. The molecule has 1 atom stereocenters. The first-order chi connectivity index (χ1) is 13.5. The lowest BCUT2D eigenvalue weighted by Gasteiger charge is -2.15. The summed E-state index contributed by atoms with van der Waals surface area (Å²) in [5.41, 5.74) is 2.75. The second kappa shape index (κ2) is 8.95. The maximum absolute atomic E-state index is 13.0. The Kier molecular flexibility index (Phi) is 6.17. The summed E-state index contributed by atoms with van der Waals surface area (Å²) in [4.78, 5) is 24.9. The van der Waals surface area contributed by atoms with Crippen LogP contribution in [-0.4, -0.2) is 18.0 Å². The van der Waals surface area contributed by atoms with Gasteiger partial charge in [-0.25, -0.2) is 9.18 Å². The van der Waals surface area contributed by atoms with E-state index in [2.05, 4.69) is 5.32 Å². The Balaban J connectivity index is 1.67. The topological polar surface area (TPSA) is 55.4 Å². The van der Waals surface area contributed by atoms with Crippen molar-refractivity contribution in [2.75, 3.05) is 5.32 Å². The molecule has 0 saturated heterocycles. The van der Waals surface area contributed by atoms with Crippen LogP contribution in [0.15, 0.2) is 78.9 Å². The van der Waals surface area contributed by atoms with Crippen molar-refractivity contribution in [3.8, 4) is 0 Å². The van der Waals surface area contributed by atoms with E-state index in [-0.39, 0.29) is 0 Å². The highest BCUT2D eigenvalue weighted by Crippen LogP contribution is 2.17. The van der Waals surface area contributed by atoms with E-state index >= 15 is 0 Å². The molecule has 0 aromatic heterocycles. The Morgan fingerprint density at radius 2 is 1.57 bits per heavy atom. The van der Waals surface area contributed by atoms with E-state index in [9.17, 15) is 14.0 Å². The number of benzene rings is 3. The van der Waals surface area contributed by atoms with Crippen molar-refractivity contribution in [2.24, 2.45) is 0 Å². The lowest BCUT2D eigenvalue weighted by atomic mass is 10.00. The summed E-state index contributed by atoms with van der Waals surface area (Å²) in [5.74, 6) is -1.44. The molecule has 0 aliphatic heterocycles. The first-order valence-electron chi connectivity index (χ1n) is 8.92. The van der Waals surface area contributed by atoms with E-state index in [4.69, 9.17) is 4.74 Å². The molecule has 0 aliphatic rings. The van der Waals surface area contributed by atoms with E-state index in [1.165, 1.54) is 31.2 Å². The number of nitrogens with one attached hydrogen (secondary N) is 1. The zero-order valence-electron chi connectivity index (χ0n) is 15.4. The van der Waals surface area contributed by atoms with Crippen molar-refractivity contribution < 1.29 is 18.7 Å². The molecule has 0 spiro atoms. The third-order valence-electron chi connectivity index (χ3n) is 4.24. The lowest BCUT2D eigenvalue weighted by Crippen LogP contribution is -2.30.